The third-order valence-corrected chi connectivity index (χ3v) is 4.02. The molecule has 2 rings (SSSR count). The minimum Gasteiger partial charge on any atom is -0.353 e. The Morgan fingerprint density at radius 3 is 2.95 bits per heavy atom. The molecule has 1 aromatic heterocycles. The van der Waals surface area contributed by atoms with Gasteiger partial charge >= 0.3 is 0 Å². The van der Waals surface area contributed by atoms with Crippen LogP contribution in [-0.4, -0.2) is 45.4 Å². The molecule has 0 aliphatic carbocycles. The van der Waals surface area contributed by atoms with Gasteiger partial charge in [-0.25, -0.2) is 4.98 Å². The van der Waals surface area contributed by atoms with E-state index < -0.39 is 0 Å². The molecule has 1 aliphatic heterocycles. The maximum Gasteiger partial charge on any atom is 0.242 e. The number of piperazine rings is 1. The number of imidazole rings is 1. The van der Waals surface area contributed by atoms with Crippen molar-refractivity contribution in [3.63, 3.8) is 0 Å². The predicted molar refractivity (Wildman–Crippen MR) is 79.6 cm³/mol. The minimum absolute atomic E-state index is 0.0354. The SMILES string of the molecule is CCCC(CC(=O)N1CCNC(=O)C1CC)n1ccnc1. The minimum atomic E-state index is -0.323. The lowest BCUT2D eigenvalue weighted by Crippen LogP contribution is -2.57. The third kappa shape index (κ3) is 3.62. The first-order chi connectivity index (χ1) is 10.2. The molecule has 6 heteroatoms. The number of hydrogen-bond donors (Lipinski definition) is 1. The van der Waals surface area contributed by atoms with Crippen molar-refractivity contribution < 1.29 is 9.59 Å². The van der Waals surface area contributed by atoms with Crippen molar-refractivity contribution >= 4 is 11.8 Å². The molecule has 1 aromatic rings. The second-order valence-electron chi connectivity index (χ2n) is 5.46. The van der Waals surface area contributed by atoms with E-state index in [0.29, 0.717) is 25.9 Å². The molecule has 1 N–H and O–H groups in total. The van der Waals surface area contributed by atoms with E-state index in [2.05, 4.69) is 17.2 Å². The van der Waals surface area contributed by atoms with Gasteiger partial charge < -0.3 is 14.8 Å². The van der Waals surface area contributed by atoms with E-state index in [1.165, 1.54) is 0 Å². The van der Waals surface area contributed by atoms with Crippen molar-refractivity contribution in [3.05, 3.63) is 18.7 Å². The van der Waals surface area contributed by atoms with Crippen LogP contribution in [0.15, 0.2) is 18.7 Å². The van der Waals surface area contributed by atoms with Gasteiger partial charge in [0.05, 0.1) is 6.33 Å². The maximum atomic E-state index is 12.6. The van der Waals surface area contributed by atoms with Gasteiger partial charge in [-0.2, -0.15) is 0 Å². The molecule has 0 bridgehead atoms. The summed E-state index contributed by atoms with van der Waals surface area (Å²) in [5.41, 5.74) is 0. The lowest BCUT2D eigenvalue weighted by molar-refractivity contribution is -0.144. The fourth-order valence-corrected chi connectivity index (χ4v) is 2.91. The van der Waals surface area contributed by atoms with E-state index in [0.717, 1.165) is 12.8 Å². The molecule has 1 fully saturated rings. The normalized spacial score (nSPS) is 20.2. The number of nitrogens with one attached hydrogen (secondary N) is 1. The molecule has 0 radical (unpaired) electrons. The van der Waals surface area contributed by atoms with Crippen molar-refractivity contribution in [1.82, 2.24) is 19.8 Å². The van der Waals surface area contributed by atoms with Crippen molar-refractivity contribution in [2.75, 3.05) is 13.1 Å². The Kier molecular flexibility index (Phi) is 5.36. The van der Waals surface area contributed by atoms with Crippen molar-refractivity contribution in [1.29, 1.82) is 0 Å². The highest BCUT2D eigenvalue weighted by atomic mass is 16.2. The molecular weight excluding hydrogens is 268 g/mol. The average Bonchev–Trinajstić information content (AvgIpc) is 3.00. The first-order valence-corrected chi connectivity index (χ1v) is 7.72. The van der Waals surface area contributed by atoms with Gasteiger partial charge in [0.2, 0.25) is 11.8 Å². The van der Waals surface area contributed by atoms with Crippen molar-refractivity contribution in [3.8, 4) is 0 Å². The fraction of sp³-hybridized carbons (Fsp3) is 0.667. The first kappa shape index (κ1) is 15.5. The molecule has 21 heavy (non-hydrogen) atoms. The Bertz CT molecular complexity index is 472. The predicted octanol–water partition coefficient (Wildman–Crippen LogP) is 1.35. The van der Waals surface area contributed by atoms with Crippen molar-refractivity contribution in [2.45, 2.75) is 51.6 Å². The number of amides is 2. The summed E-state index contributed by atoms with van der Waals surface area (Å²) in [6, 6.07) is -0.205. The number of aromatic nitrogens is 2. The monoisotopic (exact) mass is 292 g/mol. The molecule has 2 amide bonds. The van der Waals surface area contributed by atoms with Crippen LogP contribution in [0.1, 0.15) is 45.6 Å². The van der Waals surface area contributed by atoms with Crippen LogP contribution in [0.4, 0.5) is 0 Å². The second-order valence-corrected chi connectivity index (χ2v) is 5.46. The van der Waals surface area contributed by atoms with Gasteiger partial charge in [0.15, 0.2) is 0 Å². The molecule has 116 valence electrons. The molecule has 0 spiro atoms. The zero-order valence-corrected chi connectivity index (χ0v) is 12.8. The summed E-state index contributed by atoms with van der Waals surface area (Å²) in [5, 5.41) is 2.83. The Labute approximate surface area is 125 Å². The van der Waals surface area contributed by atoms with Crippen LogP contribution in [0, 0.1) is 0 Å². The summed E-state index contributed by atoms with van der Waals surface area (Å²) in [7, 11) is 0. The lowest BCUT2D eigenvalue weighted by Gasteiger charge is -2.35. The van der Waals surface area contributed by atoms with Gasteiger partial charge in [-0.3, -0.25) is 9.59 Å². The molecule has 2 atom stereocenters. The largest absolute Gasteiger partial charge is 0.353 e. The number of rotatable bonds is 6. The standard InChI is InChI=1S/C15H24N4O2/c1-3-5-12(18-8-6-16-11-18)10-14(20)19-9-7-17-15(21)13(19)4-2/h6,8,11-13H,3-5,7,9-10H2,1-2H3,(H,17,21). The zero-order valence-electron chi connectivity index (χ0n) is 12.8. The lowest BCUT2D eigenvalue weighted by atomic mass is 10.0. The van der Waals surface area contributed by atoms with Crippen molar-refractivity contribution in [2.24, 2.45) is 0 Å². The molecule has 1 aliphatic rings. The van der Waals surface area contributed by atoms with Crippen LogP contribution in [0.25, 0.3) is 0 Å². The summed E-state index contributed by atoms with van der Waals surface area (Å²) >= 11 is 0. The van der Waals surface area contributed by atoms with Gasteiger partial charge in [-0.15, -0.1) is 0 Å². The van der Waals surface area contributed by atoms with Crippen LogP contribution in [-0.2, 0) is 9.59 Å². The summed E-state index contributed by atoms with van der Waals surface area (Å²) in [4.78, 5) is 30.3. The van der Waals surface area contributed by atoms with Crippen LogP contribution in [0.3, 0.4) is 0 Å². The first-order valence-electron chi connectivity index (χ1n) is 7.72. The topological polar surface area (TPSA) is 67.2 Å². The highest BCUT2D eigenvalue weighted by Gasteiger charge is 2.32. The Balaban J connectivity index is 2.05. The third-order valence-electron chi connectivity index (χ3n) is 4.02. The fourth-order valence-electron chi connectivity index (χ4n) is 2.91. The molecule has 6 nitrogen and oxygen atoms in total. The molecule has 0 saturated carbocycles. The number of carbonyl (C=O) groups excluding carboxylic acids is 2. The molecule has 2 unspecified atom stereocenters. The highest BCUT2D eigenvalue weighted by Crippen LogP contribution is 2.21. The molecular formula is C15H24N4O2. The summed E-state index contributed by atoms with van der Waals surface area (Å²) in [6.45, 7) is 5.20. The van der Waals surface area contributed by atoms with Crippen LogP contribution >= 0.6 is 0 Å². The van der Waals surface area contributed by atoms with Gasteiger partial charge in [-0.1, -0.05) is 20.3 Å². The van der Waals surface area contributed by atoms with E-state index in [4.69, 9.17) is 0 Å². The average molecular weight is 292 g/mol. The number of hydrogen-bond acceptors (Lipinski definition) is 3. The van der Waals surface area contributed by atoms with E-state index >= 15 is 0 Å². The van der Waals surface area contributed by atoms with E-state index in [-0.39, 0.29) is 23.9 Å². The van der Waals surface area contributed by atoms with Gasteiger partial charge in [0, 0.05) is 37.9 Å². The molecule has 0 aromatic carbocycles. The zero-order chi connectivity index (χ0) is 15.2. The van der Waals surface area contributed by atoms with Gasteiger partial charge in [0.1, 0.15) is 6.04 Å². The van der Waals surface area contributed by atoms with E-state index in [1.54, 1.807) is 17.4 Å². The Morgan fingerprint density at radius 1 is 1.52 bits per heavy atom. The van der Waals surface area contributed by atoms with Crippen LogP contribution < -0.4 is 5.32 Å². The Morgan fingerprint density at radius 2 is 2.33 bits per heavy atom. The number of carbonyl (C=O) groups is 2. The molecule has 1 saturated heterocycles. The van der Waals surface area contributed by atoms with Gasteiger partial charge in [0.25, 0.3) is 0 Å². The maximum absolute atomic E-state index is 12.6. The summed E-state index contributed by atoms with van der Waals surface area (Å²) in [5.74, 6) is 0.0237. The van der Waals surface area contributed by atoms with E-state index in [9.17, 15) is 9.59 Å². The number of nitrogens with zero attached hydrogens (tertiary/aromatic N) is 3. The quantitative estimate of drug-likeness (QED) is 0.860. The van der Waals surface area contributed by atoms with Crippen LogP contribution in [0.2, 0.25) is 0 Å². The van der Waals surface area contributed by atoms with Gasteiger partial charge in [-0.05, 0) is 12.8 Å². The second kappa shape index (κ2) is 7.24. The van der Waals surface area contributed by atoms with E-state index in [1.807, 2.05) is 17.7 Å². The molecule has 2 heterocycles. The summed E-state index contributed by atoms with van der Waals surface area (Å²) in [6.07, 6.45) is 8.40. The highest BCUT2D eigenvalue weighted by molar-refractivity contribution is 5.88. The Hall–Kier alpha value is -1.85. The summed E-state index contributed by atoms with van der Waals surface area (Å²) < 4.78 is 1.99. The van der Waals surface area contributed by atoms with Crippen LogP contribution in [0.5, 0.6) is 0 Å². The smallest absolute Gasteiger partial charge is 0.242 e.